The molecule has 0 aliphatic carbocycles. The minimum Gasteiger partial charge on any atom is -0.493 e. The van der Waals surface area contributed by atoms with Gasteiger partial charge in [-0.25, -0.2) is 0 Å². The lowest BCUT2D eigenvalue weighted by atomic mass is 10.2. The highest BCUT2D eigenvalue weighted by molar-refractivity contribution is 9.10. The molecule has 0 aliphatic heterocycles. The number of aromatic nitrogens is 2. The van der Waals surface area contributed by atoms with E-state index in [0.717, 1.165) is 22.3 Å². The van der Waals surface area contributed by atoms with Crippen molar-refractivity contribution < 1.29 is 9.26 Å². The van der Waals surface area contributed by atoms with E-state index in [0.29, 0.717) is 24.9 Å². The topological polar surface area (TPSA) is 51.4 Å². The molecular weight excluding hydrogens is 382 g/mol. The van der Waals surface area contributed by atoms with Crippen molar-refractivity contribution >= 4 is 15.9 Å². The average molecular weight is 402 g/mol. The molecule has 0 spiro atoms. The van der Waals surface area contributed by atoms with Crippen LogP contribution in [0.4, 0.5) is 0 Å². The summed E-state index contributed by atoms with van der Waals surface area (Å²) in [5, 5.41) is 4.10. The fraction of sp³-hybridized carbons (Fsp3) is 0.263. The highest BCUT2D eigenvalue weighted by atomic mass is 79.9. The zero-order valence-corrected chi connectivity index (χ0v) is 15.9. The van der Waals surface area contributed by atoms with Gasteiger partial charge in [-0.15, -0.1) is 0 Å². The quantitative estimate of drug-likeness (QED) is 0.581. The van der Waals surface area contributed by atoms with Crippen LogP contribution in [0.1, 0.15) is 18.4 Å². The van der Waals surface area contributed by atoms with Crippen molar-refractivity contribution in [1.82, 2.24) is 15.0 Å². The van der Waals surface area contributed by atoms with Crippen LogP contribution >= 0.6 is 15.9 Å². The van der Waals surface area contributed by atoms with Gasteiger partial charge in [0.15, 0.2) is 0 Å². The first-order valence-electron chi connectivity index (χ1n) is 8.14. The standard InChI is InChI=1S/C19H20BrN3O2/c1-3-24-17-11-7-5-9-15(17)19-21-18(25-22-19)13-23(2)12-14-8-4-6-10-16(14)20/h4-11H,3,12-13H2,1-2H3. The Bertz CT molecular complexity index is 835. The van der Waals surface area contributed by atoms with Gasteiger partial charge in [-0.3, -0.25) is 4.90 Å². The van der Waals surface area contributed by atoms with Crippen molar-refractivity contribution in [2.24, 2.45) is 0 Å². The average Bonchev–Trinajstić information content (AvgIpc) is 3.06. The van der Waals surface area contributed by atoms with E-state index in [4.69, 9.17) is 9.26 Å². The van der Waals surface area contributed by atoms with Gasteiger partial charge < -0.3 is 9.26 Å². The first-order chi connectivity index (χ1) is 12.2. The Morgan fingerprint density at radius 3 is 2.64 bits per heavy atom. The number of halogens is 1. The molecule has 0 saturated carbocycles. The lowest BCUT2D eigenvalue weighted by Gasteiger charge is -2.15. The molecule has 6 heteroatoms. The number of hydrogen-bond donors (Lipinski definition) is 0. The molecule has 5 nitrogen and oxygen atoms in total. The van der Waals surface area contributed by atoms with Crippen molar-refractivity contribution in [3.63, 3.8) is 0 Å². The van der Waals surface area contributed by atoms with Gasteiger partial charge in [0.25, 0.3) is 0 Å². The van der Waals surface area contributed by atoms with Gasteiger partial charge in [-0.1, -0.05) is 51.4 Å². The van der Waals surface area contributed by atoms with Gasteiger partial charge in [-0.2, -0.15) is 4.98 Å². The second-order valence-electron chi connectivity index (χ2n) is 5.70. The Kier molecular flexibility index (Phi) is 5.83. The maximum absolute atomic E-state index is 5.64. The Balaban J connectivity index is 1.71. The van der Waals surface area contributed by atoms with E-state index < -0.39 is 0 Å². The third-order valence-corrected chi connectivity index (χ3v) is 4.47. The van der Waals surface area contributed by atoms with Crippen molar-refractivity contribution in [1.29, 1.82) is 0 Å². The van der Waals surface area contributed by atoms with Gasteiger partial charge >= 0.3 is 0 Å². The van der Waals surface area contributed by atoms with Crippen LogP contribution in [-0.2, 0) is 13.1 Å². The molecule has 1 heterocycles. The normalized spacial score (nSPS) is 11.0. The van der Waals surface area contributed by atoms with Crippen molar-refractivity contribution in [2.75, 3.05) is 13.7 Å². The molecule has 130 valence electrons. The molecule has 0 saturated heterocycles. The first-order valence-corrected chi connectivity index (χ1v) is 8.93. The largest absolute Gasteiger partial charge is 0.493 e. The molecule has 25 heavy (non-hydrogen) atoms. The van der Waals surface area contributed by atoms with Gasteiger partial charge in [0.05, 0.1) is 18.7 Å². The summed E-state index contributed by atoms with van der Waals surface area (Å²) < 4.78 is 12.2. The molecule has 1 aromatic heterocycles. The van der Waals surface area contributed by atoms with Gasteiger partial charge in [0.1, 0.15) is 5.75 Å². The molecule has 0 N–H and O–H groups in total. The third kappa shape index (κ3) is 4.46. The van der Waals surface area contributed by atoms with E-state index in [2.05, 4.69) is 37.0 Å². The zero-order valence-electron chi connectivity index (χ0n) is 14.3. The molecule has 0 unspecified atom stereocenters. The Morgan fingerprint density at radius 1 is 1.08 bits per heavy atom. The molecule has 0 atom stereocenters. The van der Waals surface area contributed by atoms with Gasteiger partial charge in [0.2, 0.25) is 11.7 Å². The molecule has 0 amide bonds. The molecule has 0 radical (unpaired) electrons. The Morgan fingerprint density at radius 2 is 1.84 bits per heavy atom. The van der Waals surface area contributed by atoms with E-state index in [-0.39, 0.29) is 0 Å². The maximum Gasteiger partial charge on any atom is 0.241 e. The summed E-state index contributed by atoms with van der Waals surface area (Å²) >= 11 is 3.58. The fourth-order valence-electron chi connectivity index (χ4n) is 2.57. The van der Waals surface area contributed by atoms with E-state index in [9.17, 15) is 0 Å². The molecule has 2 aromatic carbocycles. The molecule has 3 rings (SSSR count). The summed E-state index contributed by atoms with van der Waals surface area (Å²) in [7, 11) is 2.03. The summed E-state index contributed by atoms with van der Waals surface area (Å²) in [5.41, 5.74) is 2.05. The first kappa shape index (κ1) is 17.6. The molecule has 0 aliphatic rings. The highest BCUT2D eigenvalue weighted by Crippen LogP contribution is 2.27. The van der Waals surface area contributed by atoms with E-state index in [1.807, 2.05) is 56.4 Å². The lowest BCUT2D eigenvalue weighted by molar-refractivity contribution is 0.260. The summed E-state index contributed by atoms with van der Waals surface area (Å²) in [5.74, 6) is 1.89. The summed E-state index contributed by atoms with van der Waals surface area (Å²) in [6.07, 6.45) is 0. The zero-order chi connectivity index (χ0) is 17.6. The second-order valence-corrected chi connectivity index (χ2v) is 6.56. The summed E-state index contributed by atoms with van der Waals surface area (Å²) in [4.78, 5) is 6.65. The number of benzene rings is 2. The summed E-state index contributed by atoms with van der Waals surface area (Å²) in [6, 6.07) is 15.9. The third-order valence-electron chi connectivity index (χ3n) is 3.70. The lowest BCUT2D eigenvalue weighted by Crippen LogP contribution is -2.17. The minimum absolute atomic E-state index is 0.549. The second kappa shape index (κ2) is 8.27. The number of rotatable bonds is 7. The smallest absolute Gasteiger partial charge is 0.241 e. The van der Waals surface area contributed by atoms with Crippen LogP contribution < -0.4 is 4.74 Å². The minimum atomic E-state index is 0.549. The van der Waals surface area contributed by atoms with E-state index in [1.54, 1.807) is 0 Å². The van der Waals surface area contributed by atoms with Crippen LogP contribution in [0.15, 0.2) is 57.5 Å². The number of para-hydroxylation sites is 1. The highest BCUT2D eigenvalue weighted by Gasteiger charge is 2.14. The molecular formula is C19H20BrN3O2. The van der Waals surface area contributed by atoms with Gasteiger partial charge in [-0.05, 0) is 37.7 Å². The Hall–Kier alpha value is -2.18. The van der Waals surface area contributed by atoms with E-state index in [1.165, 1.54) is 5.56 Å². The predicted octanol–water partition coefficient (Wildman–Crippen LogP) is 4.53. The molecule has 0 bridgehead atoms. The van der Waals surface area contributed by atoms with Crippen LogP contribution in [0.2, 0.25) is 0 Å². The molecule has 0 fully saturated rings. The number of hydrogen-bond acceptors (Lipinski definition) is 5. The fourth-order valence-corrected chi connectivity index (χ4v) is 2.98. The van der Waals surface area contributed by atoms with Crippen LogP contribution in [0.5, 0.6) is 5.75 Å². The number of nitrogens with zero attached hydrogens (tertiary/aromatic N) is 3. The van der Waals surface area contributed by atoms with Crippen molar-refractivity contribution in [2.45, 2.75) is 20.0 Å². The Labute approximate surface area is 155 Å². The van der Waals surface area contributed by atoms with Crippen LogP contribution in [0.25, 0.3) is 11.4 Å². The maximum atomic E-state index is 5.64. The van der Waals surface area contributed by atoms with Crippen LogP contribution in [0.3, 0.4) is 0 Å². The van der Waals surface area contributed by atoms with E-state index >= 15 is 0 Å². The summed E-state index contributed by atoms with van der Waals surface area (Å²) in [6.45, 7) is 3.91. The van der Waals surface area contributed by atoms with Crippen LogP contribution in [-0.4, -0.2) is 28.7 Å². The van der Waals surface area contributed by atoms with Crippen LogP contribution in [0, 0.1) is 0 Å². The van der Waals surface area contributed by atoms with Crippen molar-refractivity contribution in [3.8, 4) is 17.1 Å². The SMILES string of the molecule is CCOc1ccccc1-c1noc(CN(C)Cc2ccccc2Br)n1. The molecule has 3 aromatic rings. The van der Waals surface area contributed by atoms with Gasteiger partial charge in [0, 0.05) is 11.0 Å². The number of ether oxygens (including phenoxy) is 1. The monoisotopic (exact) mass is 401 g/mol. The predicted molar refractivity (Wildman–Crippen MR) is 100 cm³/mol. The van der Waals surface area contributed by atoms with Crippen molar-refractivity contribution in [3.05, 3.63) is 64.5 Å².